The van der Waals surface area contributed by atoms with E-state index in [0.717, 1.165) is 6.54 Å². The molecule has 156 valence electrons. The summed E-state index contributed by atoms with van der Waals surface area (Å²) in [6.45, 7) is 6.92. The number of unbranched alkanes of at least 4 members (excludes halogenated alkanes) is 8. The molecule has 0 aliphatic carbocycles. The number of rotatable bonds is 16. The molecule has 1 aromatic heterocycles. The maximum atomic E-state index is 2.55. The van der Waals surface area contributed by atoms with Gasteiger partial charge in [0.2, 0.25) is 0 Å². The number of imidazole rings is 1. The Balaban J connectivity index is 1.87. The number of hydrogen-bond donors (Lipinski definition) is 0. The summed E-state index contributed by atoms with van der Waals surface area (Å²) in [7, 11) is 0. The summed E-state index contributed by atoms with van der Waals surface area (Å²) in [4.78, 5) is 0. The van der Waals surface area contributed by atoms with E-state index in [4.69, 9.17) is 0 Å². The minimum absolute atomic E-state index is 1.14. The van der Waals surface area contributed by atoms with Crippen LogP contribution in [0.15, 0.2) is 42.7 Å². The van der Waals surface area contributed by atoms with Gasteiger partial charge in [-0.25, -0.2) is 9.13 Å². The van der Waals surface area contributed by atoms with Gasteiger partial charge in [-0.15, -0.1) is 0 Å². The zero-order valence-corrected chi connectivity index (χ0v) is 18.5. The van der Waals surface area contributed by atoms with Gasteiger partial charge in [0.1, 0.15) is 12.4 Å². The zero-order valence-electron chi connectivity index (χ0n) is 18.5. The second-order valence-electron chi connectivity index (χ2n) is 8.27. The molecule has 0 unspecified atom stereocenters. The van der Waals surface area contributed by atoms with E-state index in [9.17, 15) is 0 Å². The van der Waals surface area contributed by atoms with E-state index in [1.54, 1.807) is 5.82 Å². The van der Waals surface area contributed by atoms with Crippen LogP contribution in [0.5, 0.6) is 0 Å². The van der Waals surface area contributed by atoms with Crippen LogP contribution in [-0.4, -0.2) is 4.57 Å². The Morgan fingerprint density at radius 1 is 0.714 bits per heavy atom. The molecule has 0 aliphatic rings. The van der Waals surface area contributed by atoms with Crippen LogP contribution in [0.25, 0.3) is 0 Å². The van der Waals surface area contributed by atoms with Crippen LogP contribution in [0.1, 0.15) is 95.9 Å². The van der Waals surface area contributed by atoms with E-state index < -0.39 is 0 Å². The van der Waals surface area contributed by atoms with Gasteiger partial charge in [0.25, 0.3) is 5.82 Å². The van der Waals surface area contributed by atoms with Gasteiger partial charge in [-0.1, -0.05) is 89.1 Å². The van der Waals surface area contributed by atoms with Crippen molar-refractivity contribution >= 4 is 0 Å². The van der Waals surface area contributed by atoms with Crippen molar-refractivity contribution in [3.63, 3.8) is 0 Å². The molecule has 0 N–H and O–H groups in total. The van der Waals surface area contributed by atoms with Gasteiger partial charge in [-0.3, -0.25) is 0 Å². The molecule has 2 rings (SSSR count). The first-order valence-corrected chi connectivity index (χ1v) is 12.0. The molecule has 0 fully saturated rings. The van der Waals surface area contributed by atoms with E-state index in [-0.39, 0.29) is 0 Å². The lowest BCUT2D eigenvalue weighted by Crippen LogP contribution is -2.37. The summed E-state index contributed by atoms with van der Waals surface area (Å²) < 4.78 is 5.09. The predicted molar refractivity (Wildman–Crippen MR) is 121 cm³/mol. The molecule has 1 heterocycles. The third-order valence-electron chi connectivity index (χ3n) is 5.80. The first kappa shape index (κ1) is 22.7. The summed E-state index contributed by atoms with van der Waals surface area (Å²) in [5.74, 6) is 1.56. The predicted octanol–water partition coefficient (Wildman–Crippen LogP) is 6.89. The van der Waals surface area contributed by atoms with Crippen LogP contribution in [0.4, 0.5) is 0 Å². The van der Waals surface area contributed by atoms with Crippen molar-refractivity contribution < 1.29 is 4.57 Å². The van der Waals surface area contributed by atoms with E-state index in [1.807, 2.05) is 0 Å². The third kappa shape index (κ3) is 8.63. The maximum absolute atomic E-state index is 2.55. The van der Waals surface area contributed by atoms with Crippen molar-refractivity contribution in [2.24, 2.45) is 0 Å². The number of aromatic nitrogens is 2. The summed E-state index contributed by atoms with van der Waals surface area (Å²) in [6.07, 6.45) is 21.9. The minimum atomic E-state index is 1.14. The van der Waals surface area contributed by atoms with Crippen molar-refractivity contribution in [1.82, 2.24) is 4.57 Å². The quantitative estimate of drug-likeness (QED) is 0.220. The fraction of sp³-hybridized carbons (Fsp3) is 0.654. The molecular formula is C26H43N2+. The van der Waals surface area contributed by atoms with Gasteiger partial charge < -0.3 is 0 Å². The molecule has 1 aromatic carbocycles. The molecule has 0 saturated carbocycles. The Morgan fingerprint density at radius 3 is 2.11 bits per heavy atom. The van der Waals surface area contributed by atoms with Crippen LogP contribution >= 0.6 is 0 Å². The Hall–Kier alpha value is -1.57. The fourth-order valence-electron chi connectivity index (χ4n) is 4.06. The van der Waals surface area contributed by atoms with Gasteiger partial charge in [-0.05, 0) is 37.7 Å². The van der Waals surface area contributed by atoms with Gasteiger partial charge in [0, 0.05) is 6.42 Å². The molecular weight excluding hydrogens is 340 g/mol. The third-order valence-corrected chi connectivity index (χ3v) is 5.80. The number of benzene rings is 1. The Morgan fingerprint density at radius 2 is 1.39 bits per heavy atom. The molecule has 0 spiro atoms. The van der Waals surface area contributed by atoms with Crippen molar-refractivity contribution in [2.75, 3.05) is 0 Å². The van der Waals surface area contributed by atoms with Gasteiger partial charge in [0.05, 0.1) is 13.1 Å². The van der Waals surface area contributed by atoms with Crippen molar-refractivity contribution in [3.8, 4) is 0 Å². The van der Waals surface area contributed by atoms with Gasteiger partial charge in [0.15, 0.2) is 0 Å². The highest BCUT2D eigenvalue weighted by molar-refractivity contribution is 5.14. The molecule has 0 aliphatic heterocycles. The number of aryl methyl sites for hydroxylation is 3. The molecule has 28 heavy (non-hydrogen) atoms. The highest BCUT2D eigenvalue weighted by atomic mass is 15.1. The minimum Gasteiger partial charge on any atom is -0.234 e. The first-order valence-electron chi connectivity index (χ1n) is 12.0. The molecule has 2 aromatic rings. The second-order valence-corrected chi connectivity index (χ2v) is 8.27. The first-order chi connectivity index (χ1) is 13.8. The molecule has 0 radical (unpaired) electrons. The topological polar surface area (TPSA) is 8.81 Å². The average Bonchev–Trinajstić information content (AvgIpc) is 3.10. The maximum Gasteiger partial charge on any atom is 0.256 e. The Kier molecular flexibility index (Phi) is 11.7. The molecule has 0 atom stereocenters. The smallest absolute Gasteiger partial charge is 0.234 e. The monoisotopic (exact) mass is 383 g/mol. The standard InChI is InChI=1S/C26H43N2/c1-3-5-7-9-14-20-26-27(21-15-10-8-6-4-2)23-24-28(26)22-16-19-25-17-12-11-13-18-25/h11-13,17-18,23-24H,3-10,14-16,19-22H2,1-2H3/q+1. The van der Waals surface area contributed by atoms with E-state index >= 15 is 0 Å². The van der Waals surface area contributed by atoms with E-state index in [2.05, 4.69) is 65.7 Å². The van der Waals surface area contributed by atoms with Gasteiger partial charge >= 0.3 is 0 Å². The summed E-state index contributed by atoms with van der Waals surface area (Å²) in [5.41, 5.74) is 1.46. The average molecular weight is 384 g/mol. The SMILES string of the molecule is CCCCCCCc1n(CCCCCCC)cc[n+]1CCCc1ccccc1. The number of nitrogens with zero attached hydrogens (tertiary/aromatic N) is 2. The van der Waals surface area contributed by atoms with Crippen molar-refractivity contribution in [2.45, 2.75) is 110 Å². The van der Waals surface area contributed by atoms with Crippen molar-refractivity contribution in [1.29, 1.82) is 0 Å². The summed E-state index contributed by atoms with van der Waals surface area (Å²) in [5, 5.41) is 0. The summed E-state index contributed by atoms with van der Waals surface area (Å²) >= 11 is 0. The highest BCUT2D eigenvalue weighted by Gasteiger charge is 2.16. The molecule has 0 amide bonds. The van der Waals surface area contributed by atoms with Crippen LogP contribution in [0.3, 0.4) is 0 Å². The second kappa shape index (κ2) is 14.4. The van der Waals surface area contributed by atoms with Gasteiger partial charge in [-0.2, -0.15) is 0 Å². The highest BCUT2D eigenvalue weighted by Crippen LogP contribution is 2.11. The largest absolute Gasteiger partial charge is 0.256 e. The lowest BCUT2D eigenvalue weighted by molar-refractivity contribution is -0.704. The normalized spacial score (nSPS) is 11.2. The van der Waals surface area contributed by atoms with Crippen molar-refractivity contribution in [3.05, 3.63) is 54.1 Å². The fourth-order valence-corrected chi connectivity index (χ4v) is 4.06. The zero-order chi connectivity index (χ0) is 19.9. The Bertz CT molecular complexity index is 615. The van der Waals surface area contributed by atoms with Crippen LogP contribution < -0.4 is 4.57 Å². The lowest BCUT2D eigenvalue weighted by Gasteiger charge is -2.07. The summed E-state index contributed by atoms with van der Waals surface area (Å²) in [6, 6.07) is 10.9. The molecule has 0 saturated heterocycles. The molecule has 2 nitrogen and oxygen atoms in total. The molecule has 2 heteroatoms. The van der Waals surface area contributed by atoms with Crippen LogP contribution in [0.2, 0.25) is 0 Å². The van der Waals surface area contributed by atoms with E-state index in [1.165, 1.54) is 95.6 Å². The lowest BCUT2D eigenvalue weighted by atomic mass is 10.1. The molecule has 0 bridgehead atoms. The Labute approximate surface area is 174 Å². The number of hydrogen-bond acceptors (Lipinski definition) is 0. The van der Waals surface area contributed by atoms with E-state index in [0.29, 0.717) is 0 Å². The van der Waals surface area contributed by atoms with Crippen LogP contribution in [0, 0.1) is 0 Å². The van der Waals surface area contributed by atoms with Crippen LogP contribution in [-0.2, 0) is 25.9 Å².